The average molecular weight is 261 g/mol. The van der Waals surface area contributed by atoms with E-state index in [0.29, 0.717) is 10.2 Å². The summed E-state index contributed by atoms with van der Waals surface area (Å²) in [6.45, 7) is 4.42. The summed E-state index contributed by atoms with van der Waals surface area (Å²) >= 11 is 5.36. The Bertz CT molecular complexity index is 306. The summed E-state index contributed by atoms with van der Waals surface area (Å²) in [6.07, 6.45) is 3.63. The van der Waals surface area contributed by atoms with Crippen LogP contribution in [0.1, 0.15) is 48.0 Å². The van der Waals surface area contributed by atoms with E-state index in [2.05, 4.69) is 40.0 Å². The highest BCUT2D eigenvalue weighted by Crippen LogP contribution is 2.49. The topological polar surface area (TPSA) is 25.8 Å². The Morgan fingerprint density at radius 2 is 2.23 bits per heavy atom. The van der Waals surface area contributed by atoms with Gasteiger partial charge in [-0.15, -0.1) is 10.2 Å². The van der Waals surface area contributed by atoms with Crippen LogP contribution >= 0.6 is 27.3 Å². The minimum absolute atomic E-state index is 0.371. The number of hydrogen-bond donors (Lipinski definition) is 0. The van der Waals surface area contributed by atoms with Crippen molar-refractivity contribution >= 4 is 27.3 Å². The van der Waals surface area contributed by atoms with E-state index in [1.54, 1.807) is 11.3 Å². The minimum atomic E-state index is 0.371. The van der Waals surface area contributed by atoms with Gasteiger partial charge in [-0.25, -0.2) is 0 Å². The summed E-state index contributed by atoms with van der Waals surface area (Å²) < 4.78 is 0. The average Bonchev–Trinajstić information content (AvgIpc) is 2.72. The van der Waals surface area contributed by atoms with Gasteiger partial charge in [-0.2, -0.15) is 0 Å². The molecule has 1 unspecified atom stereocenters. The van der Waals surface area contributed by atoms with Crippen LogP contribution in [-0.4, -0.2) is 10.2 Å². The van der Waals surface area contributed by atoms with E-state index in [1.165, 1.54) is 17.8 Å². The number of aromatic nitrogens is 2. The number of alkyl halides is 1. The molecule has 2 rings (SSSR count). The zero-order chi connectivity index (χ0) is 9.47. The third-order valence-electron chi connectivity index (χ3n) is 2.58. The maximum Gasteiger partial charge on any atom is 0.131 e. The molecule has 1 fully saturated rings. The normalized spacial score (nSPS) is 21.5. The highest BCUT2D eigenvalue weighted by molar-refractivity contribution is 9.09. The predicted molar refractivity (Wildman–Crippen MR) is 58.5 cm³/mol. The quantitative estimate of drug-likeness (QED) is 0.779. The van der Waals surface area contributed by atoms with Gasteiger partial charge >= 0.3 is 0 Å². The first kappa shape index (κ1) is 9.59. The Morgan fingerprint density at radius 3 is 2.77 bits per heavy atom. The van der Waals surface area contributed by atoms with Crippen molar-refractivity contribution in [3.8, 4) is 0 Å². The Morgan fingerprint density at radius 1 is 1.54 bits per heavy atom. The van der Waals surface area contributed by atoms with Gasteiger partial charge < -0.3 is 0 Å². The van der Waals surface area contributed by atoms with Crippen molar-refractivity contribution in [1.29, 1.82) is 0 Å². The number of hydrogen-bond acceptors (Lipinski definition) is 3. The molecule has 0 amide bonds. The minimum Gasteiger partial charge on any atom is -0.143 e. The van der Waals surface area contributed by atoms with Gasteiger partial charge in [0.2, 0.25) is 0 Å². The van der Waals surface area contributed by atoms with E-state index in [0.717, 1.165) is 11.4 Å². The van der Waals surface area contributed by atoms with Crippen molar-refractivity contribution in [2.75, 3.05) is 0 Å². The van der Waals surface area contributed by atoms with Gasteiger partial charge in [-0.1, -0.05) is 41.1 Å². The highest BCUT2D eigenvalue weighted by Gasteiger charge is 2.42. The lowest BCUT2D eigenvalue weighted by Crippen LogP contribution is -1.97. The molecular weight excluding hydrogens is 248 g/mol. The van der Waals surface area contributed by atoms with Crippen LogP contribution in [0.4, 0.5) is 0 Å². The Kier molecular flexibility index (Phi) is 2.45. The summed E-state index contributed by atoms with van der Waals surface area (Å²) in [5.41, 5.74) is 0.371. The molecule has 0 aliphatic heterocycles. The van der Waals surface area contributed by atoms with E-state index in [9.17, 15) is 0 Å². The maximum absolute atomic E-state index is 4.26. The van der Waals surface area contributed by atoms with Crippen molar-refractivity contribution in [3.05, 3.63) is 10.0 Å². The second kappa shape index (κ2) is 3.31. The molecule has 1 heterocycles. The first-order valence-electron chi connectivity index (χ1n) is 4.63. The highest BCUT2D eigenvalue weighted by atomic mass is 79.9. The third-order valence-corrected chi connectivity index (χ3v) is 5.31. The number of nitrogens with zero attached hydrogens (tertiary/aromatic N) is 2. The van der Waals surface area contributed by atoms with E-state index in [-0.39, 0.29) is 0 Å². The summed E-state index contributed by atoms with van der Waals surface area (Å²) in [6, 6.07) is 0. The van der Waals surface area contributed by atoms with E-state index in [4.69, 9.17) is 0 Å². The largest absolute Gasteiger partial charge is 0.143 e. The standard InChI is InChI=1S/C9H13BrN2S/c1-3-6(10)7-11-12-8(13-7)9(2)4-5-9/h6H,3-5H2,1-2H3. The molecule has 1 aromatic heterocycles. The Hall–Kier alpha value is 0.0400. The van der Waals surface area contributed by atoms with Crippen LogP contribution in [0.3, 0.4) is 0 Å². The molecular formula is C9H13BrN2S. The smallest absolute Gasteiger partial charge is 0.131 e. The first-order valence-corrected chi connectivity index (χ1v) is 6.37. The molecule has 13 heavy (non-hydrogen) atoms. The lowest BCUT2D eigenvalue weighted by Gasteiger charge is -2.00. The number of rotatable bonds is 3. The molecule has 4 heteroatoms. The van der Waals surface area contributed by atoms with E-state index in [1.807, 2.05) is 0 Å². The number of halogens is 1. The van der Waals surface area contributed by atoms with Crippen molar-refractivity contribution in [2.24, 2.45) is 0 Å². The second-order valence-electron chi connectivity index (χ2n) is 3.88. The molecule has 0 spiro atoms. The predicted octanol–water partition coefficient (Wildman–Crippen LogP) is 3.44. The van der Waals surface area contributed by atoms with Gasteiger partial charge in [0, 0.05) is 5.41 Å². The summed E-state index contributed by atoms with van der Waals surface area (Å²) in [5, 5.41) is 10.8. The molecule has 1 saturated carbocycles. The van der Waals surface area contributed by atoms with Crippen LogP contribution < -0.4 is 0 Å². The van der Waals surface area contributed by atoms with Crippen LogP contribution in [0.15, 0.2) is 0 Å². The molecule has 1 aliphatic rings. The molecule has 72 valence electrons. The van der Waals surface area contributed by atoms with Crippen molar-refractivity contribution in [3.63, 3.8) is 0 Å². The molecule has 2 nitrogen and oxygen atoms in total. The monoisotopic (exact) mass is 260 g/mol. The maximum atomic E-state index is 4.26. The summed E-state index contributed by atoms with van der Waals surface area (Å²) in [5.74, 6) is 0. The van der Waals surface area contributed by atoms with Gasteiger partial charge in [0.05, 0.1) is 4.83 Å². The Balaban J connectivity index is 2.18. The molecule has 1 aliphatic carbocycles. The molecule has 0 radical (unpaired) electrons. The summed E-state index contributed by atoms with van der Waals surface area (Å²) in [4.78, 5) is 0.390. The Labute approximate surface area is 90.9 Å². The third kappa shape index (κ3) is 1.79. The molecule has 0 N–H and O–H groups in total. The van der Waals surface area contributed by atoms with Gasteiger partial charge in [0.1, 0.15) is 10.0 Å². The lowest BCUT2D eigenvalue weighted by atomic mass is 10.2. The molecule has 0 bridgehead atoms. The molecule has 1 aromatic rings. The van der Waals surface area contributed by atoms with Gasteiger partial charge in [-0.3, -0.25) is 0 Å². The zero-order valence-electron chi connectivity index (χ0n) is 7.88. The van der Waals surface area contributed by atoms with Gasteiger partial charge in [-0.05, 0) is 19.3 Å². The van der Waals surface area contributed by atoms with Gasteiger partial charge in [0.15, 0.2) is 0 Å². The van der Waals surface area contributed by atoms with Crippen LogP contribution in [0.5, 0.6) is 0 Å². The van der Waals surface area contributed by atoms with Crippen LogP contribution in [0.2, 0.25) is 0 Å². The fourth-order valence-corrected chi connectivity index (χ4v) is 2.66. The molecule has 0 saturated heterocycles. The van der Waals surface area contributed by atoms with Crippen molar-refractivity contribution in [2.45, 2.75) is 43.4 Å². The SMILES string of the molecule is CCC(Br)c1nnc(C2(C)CC2)s1. The van der Waals surface area contributed by atoms with Gasteiger partial charge in [0.25, 0.3) is 0 Å². The molecule has 0 aromatic carbocycles. The fraction of sp³-hybridized carbons (Fsp3) is 0.778. The van der Waals surface area contributed by atoms with Crippen molar-refractivity contribution < 1.29 is 0 Å². The first-order chi connectivity index (χ1) is 6.15. The van der Waals surface area contributed by atoms with Crippen molar-refractivity contribution in [1.82, 2.24) is 10.2 Å². The fourth-order valence-electron chi connectivity index (χ4n) is 1.18. The summed E-state index contributed by atoms with van der Waals surface area (Å²) in [7, 11) is 0. The second-order valence-corrected chi connectivity index (χ2v) is 6.00. The molecule has 1 atom stereocenters. The van der Waals surface area contributed by atoms with E-state index >= 15 is 0 Å². The van der Waals surface area contributed by atoms with E-state index < -0.39 is 0 Å². The lowest BCUT2D eigenvalue weighted by molar-refractivity contribution is 0.751. The van der Waals surface area contributed by atoms with Crippen LogP contribution in [0.25, 0.3) is 0 Å². The zero-order valence-corrected chi connectivity index (χ0v) is 10.3. The van der Waals surface area contributed by atoms with Crippen LogP contribution in [0, 0.1) is 0 Å². The van der Waals surface area contributed by atoms with Crippen LogP contribution in [-0.2, 0) is 5.41 Å².